The van der Waals surface area contributed by atoms with E-state index in [1.807, 2.05) is 18.2 Å². The number of methoxy groups -OCH3 is 1. The molecule has 0 fully saturated rings. The zero-order valence-corrected chi connectivity index (χ0v) is 12.3. The molecule has 0 radical (unpaired) electrons. The number of halogens is 1. The van der Waals surface area contributed by atoms with E-state index < -0.39 is 0 Å². The molecule has 2 aromatic rings. The predicted octanol–water partition coefficient (Wildman–Crippen LogP) is 2.62. The van der Waals surface area contributed by atoms with Crippen LogP contribution in [0.4, 0.5) is 0 Å². The molecule has 102 valence electrons. The molecule has 1 N–H and O–H groups in total. The van der Waals surface area contributed by atoms with Crippen LogP contribution in [-0.2, 0) is 0 Å². The first-order chi connectivity index (χ1) is 9.70. The van der Waals surface area contributed by atoms with Crippen LogP contribution in [-0.4, -0.2) is 24.2 Å². The van der Waals surface area contributed by atoms with Gasteiger partial charge in [0.05, 0.1) is 13.3 Å². The minimum absolute atomic E-state index is 0.294. The average molecular weight is 334 g/mol. The topological polar surface area (TPSA) is 63.6 Å². The van der Waals surface area contributed by atoms with Gasteiger partial charge in [-0.2, -0.15) is 5.10 Å². The van der Waals surface area contributed by atoms with Crippen molar-refractivity contribution in [2.45, 2.75) is 0 Å². The highest BCUT2D eigenvalue weighted by Gasteiger charge is 2.03. The Labute approximate surface area is 124 Å². The smallest absolute Gasteiger partial charge is 0.271 e. The third-order valence-electron chi connectivity index (χ3n) is 2.50. The standard InChI is InChI=1S/C14H12BrN3O2/c1-20-13-3-2-12(15)8-11(13)9-17-18-14(19)10-4-6-16-7-5-10/h2-9H,1H3,(H,18,19)/b17-9-. The van der Waals surface area contributed by atoms with E-state index in [1.165, 1.54) is 6.21 Å². The fourth-order valence-corrected chi connectivity index (χ4v) is 1.91. The molecule has 0 unspecified atom stereocenters. The Balaban J connectivity index is 2.07. The monoisotopic (exact) mass is 333 g/mol. The van der Waals surface area contributed by atoms with Gasteiger partial charge in [-0.3, -0.25) is 9.78 Å². The molecule has 0 saturated carbocycles. The Hall–Kier alpha value is -2.21. The van der Waals surface area contributed by atoms with E-state index >= 15 is 0 Å². The van der Waals surface area contributed by atoms with Gasteiger partial charge in [-0.15, -0.1) is 0 Å². The summed E-state index contributed by atoms with van der Waals surface area (Å²) in [4.78, 5) is 15.6. The molecule has 1 heterocycles. The molecule has 1 aromatic heterocycles. The first kappa shape index (κ1) is 14.2. The van der Waals surface area contributed by atoms with Crippen LogP contribution in [0, 0.1) is 0 Å². The maximum Gasteiger partial charge on any atom is 0.271 e. The van der Waals surface area contributed by atoms with E-state index in [4.69, 9.17) is 4.74 Å². The van der Waals surface area contributed by atoms with Gasteiger partial charge in [-0.25, -0.2) is 5.43 Å². The number of rotatable bonds is 4. The van der Waals surface area contributed by atoms with Crippen molar-refractivity contribution in [2.24, 2.45) is 5.10 Å². The molecule has 2 rings (SSSR count). The second kappa shape index (κ2) is 6.81. The predicted molar refractivity (Wildman–Crippen MR) is 80.0 cm³/mol. The van der Waals surface area contributed by atoms with Crippen LogP contribution in [0.15, 0.2) is 52.3 Å². The molecule has 1 aromatic carbocycles. The van der Waals surface area contributed by atoms with Crippen molar-refractivity contribution in [2.75, 3.05) is 7.11 Å². The van der Waals surface area contributed by atoms with Crippen LogP contribution >= 0.6 is 15.9 Å². The highest BCUT2D eigenvalue weighted by Crippen LogP contribution is 2.21. The van der Waals surface area contributed by atoms with E-state index in [1.54, 1.807) is 31.6 Å². The zero-order valence-electron chi connectivity index (χ0n) is 10.7. The van der Waals surface area contributed by atoms with Crippen LogP contribution in [0.3, 0.4) is 0 Å². The SMILES string of the molecule is COc1ccc(Br)cc1/C=N\NC(=O)c1ccncc1. The van der Waals surface area contributed by atoms with Crippen molar-refractivity contribution in [3.05, 3.63) is 58.3 Å². The number of pyridine rings is 1. The summed E-state index contributed by atoms with van der Waals surface area (Å²) in [5, 5.41) is 3.92. The summed E-state index contributed by atoms with van der Waals surface area (Å²) in [6, 6.07) is 8.76. The lowest BCUT2D eigenvalue weighted by atomic mass is 10.2. The summed E-state index contributed by atoms with van der Waals surface area (Å²) in [5.74, 6) is 0.382. The third-order valence-corrected chi connectivity index (χ3v) is 3.00. The lowest BCUT2D eigenvalue weighted by Gasteiger charge is -2.04. The van der Waals surface area contributed by atoms with Gasteiger partial charge in [-0.1, -0.05) is 15.9 Å². The first-order valence-electron chi connectivity index (χ1n) is 5.77. The summed E-state index contributed by atoms with van der Waals surface area (Å²) in [5.41, 5.74) is 3.71. The van der Waals surface area contributed by atoms with E-state index in [9.17, 15) is 4.79 Å². The Bertz CT molecular complexity index is 630. The van der Waals surface area contributed by atoms with Crippen molar-refractivity contribution >= 4 is 28.1 Å². The number of nitrogens with zero attached hydrogens (tertiary/aromatic N) is 2. The molecule has 5 nitrogen and oxygen atoms in total. The Kier molecular flexibility index (Phi) is 4.84. The quantitative estimate of drug-likeness (QED) is 0.691. The summed E-state index contributed by atoms with van der Waals surface area (Å²) >= 11 is 3.37. The molecule has 0 aliphatic heterocycles. The molecular formula is C14H12BrN3O2. The first-order valence-corrected chi connectivity index (χ1v) is 6.57. The number of amides is 1. The van der Waals surface area contributed by atoms with Gasteiger partial charge in [0.1, 0.15) is 5.75 Å². The summed E-state index contributed by atoms with van der Waals surface area (Å²) in [6.45, 7) is 0. The maximum absolute atomic E-state index is 11.8. The number of nitrogens with one attached hydrogen (secondary N) is 1. The highest BCUT2D eigenvalue weighted by molar-refractivity contribution is 9.10. The van der Waals surface area contributed by atoms with Gasteiger partial charge in [0.15, 0.2) is 0 Å². The van der Waals surface area contributed by atoms with Crippen LogP contribution in [0.2, 0.25) is 0 Å². The van der Waals surface area contributed by atoms with E-state index in [2.05, 4.69) is 31.4 Å². The molecule has 0 aliphatic rings. The summed E-state index contributed by atoms with van der Waals surface area (Å²) in [7, 11) is 1.58. The lowest BCUT2D eigenvalue weighted by Crippen LogP contribution is -2.17. The van der Waals surface area contributed by atoms with E-state index in [0.717, 1.165) is 10.0 Å². The van der Waals surface area contributed by atoms with Crippen LogP contribution in [0.25, 0.3) is 0 Å². The molecular weight excluding hydrogens is 322 g/mol. The Morgan fingerprint density at radius 2 is 2.10 bits per heavy atom. The van der Waals surface area contributed by atoms with E-state index in [0.29, 0.717) is 11.3 Å². The third kappa shape index (κ3) is 3.64. The second-order valence-corrected chi connectivity index (χ2v) is 4.74. The average Bonchev–Trinajstić information content (AvgIpc) is 2.48. The van der Waals surface area contributed by atoms with Crippen LogP contribution in [0.5, 0.6) is 5.75 Å². The second-order valence-electron chi connectivity index (χ2n) is 3.82. The number of aromatic nitrogens is 1. The molecule has 0 saturated heterocycles. The van der Waals surface area contributed by atoms with Crippen LogP contribution < -0.4 is 10.2 Å². The van der Waals surface area contributed by atoms with Gasteiger partial charge in [0.2, 0.25) is 0 Å². The number of hydrogen-bond acceptors (Lipinski definition) is 4. The number of benzene rings is 1. The number of carbonyl (C=O) groups is 1. The number of hydrazone groups is 1. The van der Waals surface area contributed by atoms with Crippen molar-refractivity contribution in [1.82, 2.24) is 10.4 Å². The largest absolute Gasteiger partial charge is 0.496 e. The van der Waals surface area contributed by atoms with Crippen LogP contribution in [0.1, 0.15) is 15.9 Å². The van der Waals surface area contributed by atoms with Gasteiger partial charge in [0.25, 0.3) is 5.91 Å². The molecule has 0 spiro atoms. The summed E-state index contributed by atoms with van der Waals surface area (Å²) < 4.78 is 6.11. The highest BCUT2D eigenvalue weighted by atomic mass is 79.9. The van der Waals surface area contributed by atoms with Crippen molar-refractivity contribution in [3.8, 4) is 5.75 Å². The number of ether oxygens (including phenoxy) is 1. The molecule has 1 amide bonds. The Morgan fingerprint density at radius 3 is 2.80 bits per heavy atom. The minimum Gasteiger partial charge on any atom is -0.496 e. The number of carbonyl (C=O) groups excluding carboxylic acids is 1. The molecule has 6 heteroatoms. The summed E-state index contributed by atoms with van der Waals surface area (Å²) in [6.07, 6.45) is 4.63. The molecule has 20 heavy (non-hydrogen) atoms. The molecule has 0 bridgehead atoms. The van der Waals surface area contributed by atoms with Gasteiger partial charge < -0.3 is 4.74 Å². The van der Waals surface area contributed by atoms with E-state index in [-0.39, 0.29) is 5.91 Å². The zero-order chi connectivity index (χ0) is 14.4. The molecule has 0 atom stereocenters. The number of hydrogen-bond donors (Lipinski definition) is 1. The van der Waals surface area contributed by atoms with Crippen molar-refractivity contribution in [1.29, 1.82) is 0 Å². The van der Waals surface area contributed by atoms with Gasteiger partial charge in [0, 0.05) is 28.0 Å². The Morgan fingerprint density at radius 1 is 1.35 bits per heavy atom. The van der Waals surface area contributed by atoms with Gasteiger partial charge >= 0.3 is 0 Å². The lowest BCUT2D eigenvalue weighted by molar-refractivity contribution is 0.0955. The van der Waals surface area contributed by atoms with Crippen molar-refractivity contribution < 1.29 is 9.53 Å². The maximum atomic E-state index is 11.8. The molecule has 0 aliphatic carbocycles. The normalized spacial score (nSPS) is 10.5. The van der Waals surface area contributed by atoms with Gasteiger partial charge in [-0.05, 0) is 30.3 Å². The van der Waals surface area contributed by atoms with Crippen molar-refractivity contribution in [3.63, 3.8) is 0 Å². The fraction of sp³-hybridized carbons (Fsp3) is 0.0714. The fourth-order valence-electron chi connectivity index (χ4n) is 1.53. The minimum atomic E-state index is -0.294.